The molecule has 5 aliphatic rings. The largest absolute Gasteiger partial charge is 0.496 e. The summed E-state index contributed by atoms with van der Waals surface area (Å²) < 4.78 is 59.6. The molecule has 8 nitrogen and oxygen atoms in total. The highest BCUT2D eigenvalue weighted by atomic mass is 19.4. The van der Waals surface area contributed by atoms with Crippen molar-refractivity contribution < 1.29 is 41.8 Å². The van der Waals surface area contributed by atoms with Crippen LogP contribution in [0, 0.1) is 35.4 Å². The Kier molecular flexibility index (Phi) is 7.61. The summed E-state index contributed by atoms with van der Waals surface area (Å²) in [6.45, 7) is 0.103. The maximum atomic E-state index is 14.0. The number of fused-ring (bicyclic) bond motifs is 2. The molecule has 4 aliphatic carbocycles. The molecule has 4 fully saturated rings. The highest BCUT2D eigenvalue weighted by molar-refractivity contribution is 6.05. The number of methoxy groups -OCH3 is 1. The molecule has 12 heteroatoms. The van der Waals surface area contributed by atoms with Crippen molar-refractivity contribution in [2.45, 2.75) is 62.8 Å². The van der Waals surface area contributed by atoms with Crippen LogP contribution in [0.5, 0.6) is 5.75 Å². The lowest BCUT2D eigenvalue weighted by atomic mass is 9.69. The molecule has 0 aromatic heterocycles. The van der Waals surface area contributed by atoms with E-state index in [2.05, 4.69) is 21.9 Å². The van der Waals surface area contributed by atoms with Crippen molar-refractivity contribution in [1.82, 2.24) is 5.32 Å². The highest BCUT2D eigenvalue weighted by Crippen LogP contribution is 2.54. The molecule has 1 spiro atoms. The number of benzene rings is 2. The van der Waals surface area contributed by atoms with E-state index < -0.39 is 46.9 Å². The number of ether oxygens (including phenoxy) is 1. The molecule has 3 N–H and O–H groups in total. The first-order valence-corrected chi connectivity index (χ1v) is 15.7. The highest BCUT2D eigenvalue weighted by Gasteiger charge is 2.55. The molecule has 1 aliphatic heterocycles. The molecule has 2 bridgehead atoms. The van der Waals surface area contributed by atoms with Gasteiger partial charge in [-0.1, -0.05) is 16.8 Å². The zero-order valence-corrected chi connectivity index (χ0v) is 25.2. The van der Waals surface area contributed by atoms with Gasteiger partial charge in [-0.2, -0.15) is 13.2 Å². The molecular weight excluding hydrogens is 606 g/mol. The smallest absolute Gasteiger partial charge is 0.419 e. The lowest BCUT2D eigenvalue weighted by Gasteiger charge is -2.41. The van der Waals surface area contributed by atoms with E-state index in [-0.39, 0.29) is 35.6 Å². The van der Waals surface area contributed by atoms with Gasteiger partial charge in [0, 0.05) is 36.2 Å². The lowest BCUT2D eigenvalue weighted by Crippen LogP contribution is -2.48. The van der Waals surface area contributed by atoms with E-state index in [1.807, 2.05) is 0 Å². The van der Waals surface area contributed by atoms with Crippen LogP contribution in [0.2, 0.25) is 0 Å². The van der Waals surface area contributed by atoms with Crippen LogP contribution in [-0.4, -0.2) is 48.0 Å². The maximum Gasteiger partial charge on any atom is 0.419 e. The first-order valence-electron chi connectivity index (χ1n) is 15.7. The Labute approximate surface area is 263 Å². The minimum absolute atomic E-state index is 0.0935. The number of aliphatic hydroxyl groups is 1. The number of carbonyl (C=O) groups is 2. The van der Waals surface area contributed by atoms with E-state index in [4.69, 9.17) is 9.57 Å². The SMILES string of the molecule is COc1ccc(C2=NOC3(C2)CC(CO)C3)cc1C(=O)N[C@H]1[C@@H](C(=O)Nc2ccc(F)c(C(F)(F)F)c2)[C@H]2CC[C@@H]1/C2=C\C1CC1. The first-order chi connectivity index (χ1) is 22.0. The number of nitrogens with zero attached hydrogens (tertiary/aromatic N) is 1. The predicted molar refractivity (Wildman–Crippen MR) is 160 cm³/mol. The number of anilines is 1. The van der Waals surface area contributed by atoms with Gasteiger partial charge in [0.05, 0.1) is 29.9 Å². The molecule has 0 saturated heterocycles. The third kappa shape index (κ3) is 5.54. The second-order valence-corrected chi connectivity index (χ2v) is 13.4. The molecule has 4 atom stereocenters. The van der Waals surface area contributed by atoms with Crippen LogP contribution < -0.4 is 15.4 Å². The fourth-order valence-corrected chi connectivity index (χ4v) is 7.92. The van der Waals surface area contributed by atoms with Crippen molar-refractivity contribution in [3.05, 3.63) is 70.6 Å². The first kappa shape index (κ1) is 30.7. The van der Waals surface area contributed by atoms with E-state index in [9.17, 15) is 32.3 Å². The second-order valence-electron chi connectivity index (χ2n) is 13.4. The minimum Gasteiger partial charge on any atom is -0.496 e. The normalized spacial score (nSPS) is 30.6. The summed E-state index contributed by atoms with van der Waals surface area (Å²) in [5.41, 5.74) is 0.716. The topological polar surface area (TPSA) is 109 Å². The number of aliphatic hydroxyl groups excluding tert-OH is 1. The number of hydrogen-bond donors (Lipinski definition) is 3. The van der Waals surface area contributed by atoms with Crippen molar-refractivity contribution in [3.8, 4) is 5.75 Å². The second kappa shape index (κ2) is 11.4. The van der Waals surface area contributed by atoms with Crippen LogP contribution in [0.1, 0.15) is 66.4 Å². The number of oxime groups is 1. The molecule has 4 saturated carbocycles. The minimum atomic E-state index is -4.92. The van der Waals surface area contributed by atoms with Crippen LogP contribution in [0.4, 0.5) is 23.2 Å². The number of nitrogens with one attached hydrogen (secondary N) is 2. The monoisotopic (exact) mass is 641 g/mol. The Bertz CT molecular complexity index is 1630. The molecule has 2 amide bonds. The number of halogens is 4. The number of rotatable bonds is 8. The van der Waals surface area contributed by atoms with Gasteiger partial charge in [0.15, 0.2) is 0 Å². The van der Waals surface area contributed by atoms with Gasteiger partial charge < -0.3 is 25.3 Å². The molecule has 0 unspecified atom stereocenters. The summed E-state index contributed by atoms with van der Waals surface area (Å²) in [6, 6.07) is 6.97. The summed E-state index contributed by atoms with van der Waals surface area (Å²) in [4.78, 5) is 33.5. The molecule has 2 aromatic carbocycles. The molecule has 46 heavy (non-hydrogen) atoms. The predicted octanol–water partition coefficient (Wildman–Crippen LogP) is 5.85. The van der Waals surface area contributed by atoms with Crippen LogP contribution >= 0.6 is 0 Å². The molecular formula is C34H35F4N3O5. The fourth-order valence-electron chi connectivity index (χ4n) is 7.92. The lowest BCUT2D eigenvalue weighted by molar-refractivity contribution is -0.140. The molecule has 0 radical (unpaired) electrons. The Morgan fingerprint density at radius 3 is 2.57 bits per heavy atom. The van der Waals surface area contributed by atoms with E-state index in [0.717, 1.165) is 37.3 Å². The number of alkyl halides is 3. The van der Waals surface area contributed by atoms with Crippen molar-refractivity contribution in [3.63, 3.8) is 0 Å². The Morgan fingerprint density at radius 1 is 1.11 bits per heavy atom. The number of hydrogen-bond acceptors (Lipinski definition) is 6. The zero-order chi connectivity index (χ0) is 32.4. The summed E-state index contributed by atoms with van der Waals surface area (Å²) in [6.07, 6.45) is 2.89. The van der Waals surface area contributed by atoms with Gasteiger partial charge in [-0.05, 0) is 92.7 Å². The zero-order valence-electron chi connectivity index (χ0n) is 25.2. The van der Waals surface area contributed by atoms with Crippen molar-refractivity contribution >= 4 is 23.2 Å². The number of allylic oxidation sites excluding steroid dienone is 1. The van der Waals surface area contributed by atoms with Gasteiger partial charge in [0.1, 0.15) is 17.2 Å². The summed E-state index contributed by atoms with van der Waals surface area (Å²) in [5, 5.41) is 19.4. The standard InChI is InChI=1S/C34H35F4N3O5/c1-45-28-9-4-19(27-15-33(46-41-27)13-18(14-33)16-42)11-24(28)31(43)40-30-22-7-6-21(23(22)10-17-2-3-17)29(30)32(44)39-20-5-8-26(35)25(12-20)34(36,37)38/h4-5,8-12,17-18,21-22,29-30,42H,2-3,6-7,13-16H2,1H3,(H,39,44)(H,40,43)/b23-10-/t18?,21-,22+,29-,30+,33?/m0/s1. The van der Waals surface area contributed by atoms with Crippen molar-refractivity contribution in [1.29, 1.82) is 0 Å². The fraction of sp³-hybridized carbons (Fsp3) is 0.500. The molecule has 7 rings (SSSR count). The van der Waals surface area contributed by atoms with Crippen LogP contribution in [0.3, 0.4) is 0 Å². The Balaban J connectivity index is 1.14. The van der Waals surface area contributed by atoms with Gasteiger partial charge >= 0.3 is 6.18 Å². The van der Waals surface area contributed by atoms with Crippen LogP contribution in [0.15, 0.2) is 53.2 Å². The third-order valence-electron chi connectivity index (χ3n) is 10.3. The quantitative estimate of drug-likeness (QED) is 0.248. The average Bonchev–Trinajstić information content (AvgIpc) is 3.47. The van der Waals surface area contributed by atoms with E-state index in [0.29, 0.717) is 54.3 Å². The summed E-state index contributed by atoms with van der Waals surface area (Å²) >= 11 is 0. The van der Waals surface area contributed by atoms with Crippen LogP contribution in [0.25, 0.3) is 0 Å². The summed E-state index contributed by atoms with van der Waals surface area (Å²) in [5.74, 6) is -2.43. The maximum absolute atomic E-state index is 14.0. The average molecular weight is 642 g/mol. The van der Waals surface area contributed by atoms with E-state index in [1.165, 1.54) is 7.11 Å². The molecule has 1 heterocycles. The molecule has 2 aromatic rings. The number of carbonyl (C=O) groups excluding carboxylic acids is 2. The van der Waals surface area contributed by atoms with E-state index >= 15 is 0 Å². The van der Waals surface area contributed by atoms with Gasteiger partial charge in [0.25, 0.3) is 5.91 Å². The third-order valence-corrected chi connectivity index (χ3v) is 10.3. The van der Waals surface area contributed by atoms with E-state index in [1.54, 1.807) is 18.2 Å². The van der Waals surface area contributed by atoms with Gasteiger partial charge in [0.2, 0.25) is 5.91 Å². The van der Waals surface area contributed by atoms with Crippen LogP contribution in [-0.2, 0) is 15.8 Å². The molecule has 244 valence electrons. The van der Waals surface area contributed by atoms with Crippen molar-refractivity contribution in [2.75, 3.05) is 19.0 Å². The van der Waals surface area contributed by atoms with Gasteiger partial charge in [-0.3, -0.25) is 9.59 Å². The summed E-state index contributed by atoms with van der Waals surface area (Å²) in [7, 11) is 1.46. The van der Waals surface area contributed by atoms with Gasteiger partial charge in [-0.25, -0.2) is 4.39 Å². The Hall–Kier alpha value is -3.93. The van der Waals surface area contributed by atoms with Gasteiger partial charge in [-0.15, -0.1) is 0 Å². The van der Waals surface area contributed by atoms with Crippen molar-refractivity contribution in [2.24, 2.45) is 34.7 Å². The Morgan fingerprint density at radius 2 is 1.87 bits per heavy atom. The number of amides is 2.